The second kappa shape index (κ2) is 9.97. The molecule has 1 aliphatic rings. The van der Waals surface area contributed by atoms with Gasteiger partial charge in [-0.15, -0.1) is 0 Å². The Labute approximate surface area is 226 Å². The van der Waals surface area contributed by atoms with Gasteiger partial charge in [0.2, 0.25) is 15.6 Å². The number of ketones is 2. The lowest BCUT2D eigenvalue weighted by molar-refractivity contribution is -0.384. The lowest BCUT2D eigenvalue weighted by Crippen LogP contribution is -2.30. The van der Waals surface area contributed by atoms with Crippen molar-refractivity contribution in [2.75, 3.05) is 4.90 Å². The zero-order chi connectivity index (χ0) is 27.9. The van der Waals surface area contributed by atoms with E-state index < -0.39 is 44.2 Å². The van der Waals surface area contributed by atoms with E-state index in [9.17, 15) is 32.9 Å². The fourth-order valence-corrected chi connectivity index (χ4v) is 6.93. The van der Waals surface area contributed by atoms with Crippen LogP contribution in [0.4, 0.5) is 10.8 Å². The Kier molecular flexibility index (Phi) is 6.66. The molecule has 1 amide bonds. The molecule has 1 aromatic heterocycles. The summed E-state index contributed by atoms with van der Waals surface area (Å²) in [6.07, 6.45) is 1.06. The standard InChI is InChI=1S/C27H19N3O7S2/c1-16-7-9-18(10-8-16)24(31)22-23(17-5-3-2-4-6-17)29(26(33)25(22)32)27-28-15-21(38-27)39(36,37)20-13-11-19(12-14-20)30(34)35/h2-15,22-23H,1H3. The quantitative estimate of drug-likeness (QED) is 0.106. The first-order valence-corrected chi connectivity index (χ1v) is 13.9. The summed E-state index contributed by atoms with van der Waals surface area (Å²) in [6.45, 7) is 1.86. The molecule has 0 radical (unpaired) electrons. The molecule has 5 rings (SSSR count). The number of hydrogen-bond acceptors (Lipinski definition) is 9. The maximum atomic E-state index is 13.5. The van der Waals surface area contributed by atoms with Crippen molar-refractivity contribution in [3.63, 3.8) is 0 Å². The number of carbonyl (C=O) groups is 3. The average Bonchev–Trinajstić information content (AvgIpc) is 3.53. The number of aromatic nitrogens is 1. The Bertz CT molecular complexity index is 1720. The third-order valence-corrected chi connectivity index (χ3v) is 9.59. The lowest BCUT2D eigenvalue weighted by Gasteiger charge is -2.25. The number of thiazole rings is 1. The highest BCUT2D eigenvalue weighted by Gasteiger charge is 2.53. The van der Waals surface area contributed by atoms with Gasteiger partial charge in [0.1, 0.15) is 10.1 Å². The van der Waals surface area contributed by atoms with Crippen LogP contribution in [0.3, 0.4) is 0 Å². The molecular weight excluding hydrogens is 542 g/mol. The minimum absolute atomic E-state index is 0.0677. The minimum Gasteiger partial charge on any atom is -0.293 e. The highest BCUT2D eigenvalue weighted by Crippen LogP contribution is 2.43. The first-order chi connectivity index (χ1) is 18.6. The topological polar surface area (TPSA) is 145 Å². The number of amides is 1. The van der Waals surface area contributed by atoms with Crippen LogP contribution in [0, 0.1) is 23.0 Å². The fourth-order valence-electron chi connectivity index (χ4n) is 4.38. The maximum absolute atomic E-state index is 13.5. The van der Waals surface area contributed by atoms with Crippen LogP contribution in [0.25, 0.3) is 0 Å². The molecule has 10 nitrogen and oxygen atoms in total. The number of anilines is 1. The number of rotatable bonds is 7. The maximum Gasteiger partial charge on any atom is 0.297 e. The molecule has 1 fully saturated rings. The Morgan fingerprint density at radius 3 is 2.23 bits per heavy atom. The molecule has 39 heavy (non-hydrogen) atoms. The van der Waals surface area contributed by atoms with E-state index in [1.165, 1.54) is 0 Å². The Hall–Kier alpha value is -4.55. The van der Waals surface area contributed by atoms with Crippen molar-refractivity contribution < 1.29 is 27.7 Å². The molecule has 0 bridgehead atoms. The second-order valence-electron chi connectivity index (χ2n) is 8.82. The summed E-state index contributed by atoms with van der Waals surface area (Å²) in [5.74, 6) is -3.77. The van der Waals surface area contributed by atoms with E-state index in [1.54, 1.807) is 54.6 Å². The smallest absolute Gasteiger partial charge is 0.293 e. The molecule has 1 aliphatic heterocycles. The van der Waals surface area contributed by atoms with Gasteiger partial charge in [0.05, 0.1) is 22.1 Å². The van der Waals surface area contributed by atoms with Crippen LogP contribution in [0.15, 0.2) is 94.2 Å². The molecule has 3 aromatic carbocycles. The molecule has 4 aromatic rings. The first-order valence-electron chi connectivity index (χ1n) is 11.6. The van der Waals surface area contributed by atoms with Gasteiger partial charge in [-0.25, -0.2) is 13.4 Å². The number of aryl methyl sites for hydroxylation is 1. The van der Waals surface area contributed by atoms with Crippen LogP contribution in [0.2, 0.25) is 0 Å². The Morgan fingerprint density at radius 2 is 1.62 bits per heavy atom. The molecule has 0 aliphatic carbocycles. The number of hydrogen-bond donors (Lipinski definition) is 0. The SMILES string of the molecule is Cc1ccc(C(=O)C2C(=O)C(=O)N(c3ncc(S(=O)(=O)c4ccc([N+](=O)[O-])cc4)s3)C2c2ccccc2)cc1. The van der Waals surface area contributed by atoms with Gasteiger partial charge >= 0.3 is 0 Å². The molecule has 0 spiro atoms. The van der Waals surface area contributed by atoms with Crippen molar-refractivity contribution in [3.8, 4) is 0 Å². The van der Waals surface area contributed by atoms with E-state index in [0.29, 0.717) is 16.9 Å². The van der Waals surface area contributed by atoms with Crippen LogP contribution >= 0.6 is 11.3 Å². The third-order valence-electron chi connectivity index (χ3n) is 6.37. The van der Waals surface area contributed by atoms with E-state index in [4.69, 9.17) is 0 Å². The van der Waals surface area contributed by atoms with Gasteiger partial charge in [-0.1, -0.05) is 71.5 Å². The molecule has 2 unspecified atom stereocenters. The third kappa shape index (κ3) is 4.64. The number of nitro benzene ring substituents is 1. The number of benzene rings is 3. The molecular formula is C27H19N3O7S2. The van der Waals surface area contributed by atoms with Crippen molar-refractivity contribution in [3.05, 3.63) is 112 Å². The van der Waals surface area contributed by atoms with Gasteiger partial charge in [-0.2, -0.15) is 0 Å². The van der Waals surface area contributed by atoms with E-state index in [0.717, 1.165) is 40.9 Å². The van der Waals surface area contributed by atoms with Gasteiger partial charge in [-0.3, -0.25) is 29.4 Å². The van der Waals surface area contributed by atoms with Crippen LogP contribution < -0.4 is 4.90 Å². The molecule has 1 saturated heterocycles. The van der Waals surface area contributed by atoms with Crippen LogP contribution in [-0.4, -0.2) is 35.8 Å². The van der Waals surface area contributed by atoms with Crippen molar-refractivity contribution in [1.82, 2.24) is 4.98 Å². The monoisotopic (exact) mass is 561 g/mol. The first kappa shape index (κ1) is 26.1. The predicted octanol–water partition coefficient (Wildman–Crippen LogP) is 4.35. The van der Waals surface area contributed by atoms with Gasteiger partial charge in [0.15, 0.2) is 10.9 Å². The highest BCUT2D eigenvalue weighted by atomic mass is 32.2. The number of carbonyl (C=O) groups excluding carboxylic acids is 3. The molecule has 2 atom stereocenters. The largest absolute Gasteiger partial charge is 0.297 e. The Morgan fingerprint density at radius 1 is 0.974 bits per heavy atom. The van der Waals surface area contributed by atoms with E-state index in [2.05, 4.69) is 4.98 Å². The van der Waals surface area contributed by atoms with Crippen molar-refractivity contribution in [1.29, 1.82) is 0 Å². The lowest BCUT2D eigenvalue weighted by atomic mass is 9.86. The Balaban J connectivity index is 1.56. The predicted molar refractivity (Wildman–Crippen MR) is 141 cm³/mol. The van der Waals surface area contributed by atoms with E-state index >= 15 is 0 Å². The number of non-ortho nitro benzene ring substituents is 1. The number of Topliss-reactive ketones (excluding diaryl/α,β-unsaturated/α-hetero) is 2. The molecule has 0 N–H and O–H groups in total. The summed E-state index contributed by atoms with van der Waals surface area (Å²) in [6, 6.07) is 18.5. The van der Waals surface area contributed by atoms with Gasteiger partial charge in [0, 0.05) is 17.7 Å². The highest BCUT2D eigenvalue weighted by molar-refractivity contribution is 7.93. The minimum atomic E-state index is -4.14. The van der Waals surface area contributed by atoms with Crippen molar-refractivity contribution in [2.45, 2.75) is 22.1 Å². The number of sulfone groups is 1. The fraction of sp³-hybridized carbons (Fsp3) is 0.111. The van der Waals surface area contributed by atoms with Gasteiger partial charge in [0.25, 0.3) is 11.6 Å². The number of nitro groups is 1. The summed E-state index contributed by atoms with van der Waals surface area (Å²) < 4.78 is 26.2. The zero-order valence-electron chi connectivity index (χ0n) is 20.3. The molecule has 2 heterocycles. The summed E-state index contributed by atoms with van der Waals surface area (Å²) >= 11 is 0.667. The average molecular weight is 562 g/mol. The van der Waals surface area contributed by atoms with E-state index in [-0.39, 0.29) is 25.5 Å². The second-order valence-corrected chi connectivity index (χ2v) is 12.0. The zero-order valence-corrected chi connectivity index (χ0v) is 21.9. The molecule has 0 saturated carbocycles. The van der Waals surface area contributed by atoms with Crippen LogP contribution in [0.5, 0.6) is 0 Å². The van der Waals surface area contributed by atoms with Crippen molar-refractivity contribution >= 4 is 49.5 Å². The van der Waals surface area contributed by atoms with Crippen LogP contribution in [0.1, 0.15) is 27.5 Å². The summed E-state index contributed by atoms with van der Waals surface area (Å²) in [7, 11) is -4.14. The molecule has 12 heteroatoms. The summed E-state index contributed by atoms with van der Waals surface area (Å²) in [4.78, 5) is 55.4. The van der Waals surface area contributed by atoms with E-state index in [1.807, 2.05) is 6.92 Å². The normalized spacial score (nSPS) is 17.4. The van der Waals surface area contributed by atoms with Gasteiger partial charge in [-0.05, 0) is 24.6 Å². The summed E-state index contributed by atoms with van der Waals surface area (Å²) in [5.41, 5.74) is 1.44. The number of nitrogens with zero attached hydrogens (tertiary/aromatic N) is 3. The van der Waals surface area contributed by atoms with Gasteiger partial charge < -0.3 is 0 Å². The molecule has 196 valence electrons. The van der Waals surface area contributed by atoms with Crippen LogP contribution in [-0.2, 0) is 19.4 Å². The summed E-state index contributed by atoms with van der Waals surface area (Å²) in [5, 5.41) is 10.9. The van der Waals surface area contributed by atoms with Crippen molar-refractivity contribution in [2.24, 2.45) is 5.92 Å².